The third-order valence-electron chi connectivity index (χ3n) is 4.21. The van der Waals surface area contributed by atoms with E-state index in [0.29, 0.717) is 6.42 Å². The van der Waals surface area contributed by atoms with Gasteiger partial charge in [0.2, 0.25) is 5.91 Å². The number of amides is 1. The van der Waals surface area contributed by atoms with Crippen LogP contribution in [0.3, 0.4) is 0 Å². The third-order valence-corrected chi connectivity index (χ3v) is 5.09. The van der Waals surface area contributed by atoms with Crippen LogP contribution in [0.4, 0.5) is 0 Å². The minimum atomic E-state index is 0.257. The monoisotopic (exact) mass is 318 g/mol. The largest absolute Gasteiger partial charge is 0.340 e. The number of carbonyl (C=O) groups excluding carboxylic acids is 1. The van der Waals surface area contributed by atoms with Crippen LogP contribution in [-0.4, -0.2) is 58.0 Å². The van der Waals surface area contributed by atoms with Crippen LogP contribution in [-0.2, 0) is 17.8 Å². The molecule has 0 saturated carbocycles. The van der Waals surface area contributed by atoms with Gasteiger partial charge in [0.1, 0.15) is 5.82 Å². The molecule has 0 spiro atoms. The molecule has 1 aliphatic rings. The van der Waals surface area contributed by atoms with Gasteiger partial charge in [0.25, 0.3) is 0 Å². The van der Waals surface area contributed by atoms with Gasteiger partial charge in [0, 0.05) is 56.5 Å². The molecule has 2 aromatic heterocycles. The van der Waals surface area contributed by atoms with Crippen molar-refractivity contribution in [1.82, 2.24) is 19.4 Å². The minimum Gasteiger partial charge on any atom is -0.340 e. The summed E-state index contributed by atoms with van der Waals surface area (Å²) in [5.41, 5.74) is 0. The van der Waals surface area contributed by atoms with Crippen LogP contribution in [0.5, 0.6) is 0 Å². The summed E-state index contributed by atoms with van der Waals surface area (Å²) in [7, 11) is 0. The fourth-order valence-electron chi connectivity index (χ4n) is 2.78. The van der Waals surface area contributed by atoms with Gasteiger partial charge in [-0.25, -0.2) is 4.98 Å². The third kappa shape index (κ3) is 3.75. The SMILES string of the molecule is Cc1nccn1CCN1CCN(C(=O)Cc2cccs2)CC1. The van der Waals surface area contributed by atoms with Gasteiger partial charge in [-0.15, -0.1) is 11.3 Å². The van der Waals surface area contributed by atoms with Crippen LogP contribution in [0.2, 0.25) is 0 Å². The van der Waals surface area contributed by atoms with Crippen LogP contribution in [0.15, 0.2) is 29.9 Å². The van der Waals surface area contributed by atoms with Crippen molar-refractivity contribution in [2.75, 3.05) is 32.7 Å². The number of hydrogen-bond donors (Lipinski definition) is 0. The lowest BCUT2D eigenvalue weighted by Gasteiger charge is -2.34. The highest BCUT2D eigenvalue weighted by Gasteiger charge is 2.21. The second kappa shape index (κ2) is 7.07. The van der Waals surface area contributed by atoms with E-state index in [-0.39, 0.29) is 5.91 Å². The zero-order valence-corrected chi connectivity index (χ0v) is 13.8. The van der Waals surface area contributed by atoms with Crippen molar-refractivity contribution >= 4 is 17.2 Å². The quantitative estimate of drug-likeness (QED) is 0.841. The second-order valence-electron chi connectivity index (χ2n) is 5.65. The first-order valence-electron chi connectivity index (χ1n) is 7.72. The number of imidazole rings is 1. The van der Waals surface area contributed by atoms with Gasteiger partial charge >= 0.3 is 0 Å². The molecule has 1 aliphatic heterocycles. The maximum Gasteiger partial charge on any atom is 0.227 e. The first-order chi connectivity index (χ1) is 10.7. The molecular weight excluding hydrogens is 296 g/mol. The number of carbonyl (C=O) groups is 1. The van der Waals surface area contributed by atoms with E-state index in [2.05, 4.69) is 14.5 Å². The zero-order chi connectivity index (χ0) is 15.4. The van der Waals surface area contributed by atoms with Crippen LogP contribution in [0.25, 0.3) is 0 Å². The molecule has 6 heteroatoms. The normalized spacial score (nSPS) is 16.1. The summed E-state index contributed by atoms with van der Waals surface area (Å²) in [6.07, 6.45) is 4.42. The van der Waals surface area contributed by atoms with Crippen LogP contribution in [0, 0.1) is 6.92 Å². The molecule has 0 bridgehead atoms. The molecule has 0 N–H and O–H groups in total. The van der Waals surface area contributed by atoms with Crippen molar-refractivity contribution in [3.8, 4) is 0 Å². The average Bonchev–Trinajstić information content (AvgIpc) is 3.17. The molecule has 1 amide bonds. The fourth-order valence-corrected chi connectivity index (χ4v) is 3.48. The Balaban J connectivity index is 1.42. The lowest BCUT2D eigenvalue weighted by molar-refractivity contribution is -0.132. The lowest BCUT2D eigenvalue weighted by Crippen LogP contribution is -2.49. The first-order valence-corrected chi connectivity index (χ1v) is 8.60. The molecule has 1 fully saturated rings. The minimum absolute atomic E-state index is 0.257. The van der Waals surface area contributed by atoms with Crippen molar-refractivity contribution in [2.24, 2.45) is 0 Å². The summed E-state index contributed by atoms with van der Waals surface area (Å²) in [6.45, 7) is 7.62. The molecule has 0 aromatic carbocycles. The first kappa shape index (κ1) is 15.2. The molecule has 3 heterocycles. The number of thiophene rings is 1. The highest BCUT2D eigenvalue weighted by atomic mass is 32.1. The van der Waals surface area contributed by atoms with Crippen molar-refractivity contribution in [2.45, 2.75) is 19.9 Å². The topological polar surface area (TPSA) is 41.4 Å². The molecule has 0 atom stereocenters. The van der Waals surface area contributed by atoms with Crippen molar-refractivity contribution in [3.05, 3.63) is 40.6 Å². The molecule has 118 valence electrons. The number of aryl methyl sites for hydroxylation is 1. The molecule has 22 heavy (non-hydrogen) atoms. The van der Waals surface area contributed by atoms with Gasteiger partial charge in [0.05, 0.1) is 6.42 Å². The van der Waals surface area contributed by atoms with E-state index in [0.717, 1.165) is 50.0 Å². The molecular formula is C16H22N4OS. The number of hydrogen-bond acceptors (Lipinski definition) is 4. The molecule has 2 aromatic rings. The average molecular weight is 318 g/mol. The van der Waals surface area contributed by atoms with Crippen LogP contribution >= 0.6 is 11.3 Å². The van der Waals surface area contributed by atoms with Gasteiger partial charge in [-0.05, 0) is 18.4 Å². The Kier molecular flexibility index (Phi) is 4.90. The fraction of sp³-hybridized carbons (Fsp3) is 0.500. The van der Waals surface area contributed by atoms with E-state index in [1.807, 2.05) is 41.7 Å². The Morgan fingerprint density at radius 3 is 2.73 bits per heavy atom. The van der Waals surface area contributed by atoms with Gasteiger partial charge < -0.3 is 9.47 Å². The van der Waals surface area contributed by atoms with Crippen molar-refractivity contribution in [3.63, 3.8) is 0 Å². The number of aromatic nitrogens is 2. The van der Waals surface area contributed by atoms with Crippen LogP contribution < -0.4 is 0 Å². The molecule has 3 rings (SSSR count). The predicted octanol–water partition coefficient (Wildman–Crippen LogP) is 1.64. The Hall–Kier alpha value is -1.66. The maximum absolute atomic E-state index is 12.3. The van der Waals surface area contributed by atoms with Gasteiger partial charge in [-0.1, -0.05) is 6.07 Å². The standard InChI is InChI=1S/C16H22N4OS/c1-14-17-4-5-19(14)9-6-18-7-10-20(11-8-18)16(21)13-15-3-2-12-22-15/h2-5,12H,6-11,13H2,1H3. The Bertz CT molecular complexity index is 599. The number of piperazine rings is 1. The Morgan fingerprint density at radius 2 is 2.09 bits per heavy atom. The molecule has 0 unspecified atom stereocenters. The Labute approximate surface area is 135 Å². The maximum atomic E-state index is 12.3. The summed E-state index contributed by atoms with van der Waals surface area (Å²) >= 11 is 1.66. The summed E-state index contributed by atoms with van der Waals surface area (Å²) < 4.78 is 2.17. The highest BCUT2D eigenvalue weighted by molar-refractivity contribution is 7.10. The van der Waals surface area contributed by atoms with E-state index < -0.39 is 0 Å². The van der Waals surface area contributed by atoms with Crippen molar-refractivity contribution in [1.29, 1.82) is 0 Å². The predicted molar refractivity (Wildman–Crippen MR) is 88.0 cm³/mol. The smallest absolute Gasteiger partial charge is 0.227 e. The highest BCUT2D eigenvalue weighted by Crippen LogP contribution is 2.12. The summed E-state index contributed by atoms with van der Waals surface area (Å²) in [6, 6.07) is 4.04. The van der Waals surface area contributed by atoms with E-state index in [1.165, 1.54) is 0 Å². The molecule has 5 nitrogen and oxygen atoms in total. The lowest BCUT2D eigenvalue weighted by atomic mass is 10.2. The number of rotatable bonds is 5. The summed E-state index contributed by atoms with van der Waals surface area (Å²) in [5.74, 6) is 1.32. The van der Waals surface area contributed by atoms with Crippen molar-refractivity contribution < 1.29 is 4.79 Å². The van der Waals surface area contributed by atoms with E-state index >= 15 is 0 Å². The van der Waals surface area contributed by atoms with E-state index in [9.17, 15) is 4.79 Å². The second-order valence-corrected chi connectivity index (χ2v) is 6.68. The van der Waals surface area contributed by atoms with Gasteiger partial charge in [0.15, 0.2) is 0 Å². The molecule has 0 radical (unpaired) electrons. The number of nitrogens with zero attached hydrogens (tertiary/aromatic N) is 4. The summed E-state index contributed by atoms with van der Waals surface area (Å²) in [4.78, 5) is 22.1. The van der Waals surface area contributed by atoms with E-state index in [4.69, 9.17) is 0 Å². The van der Waals surface area contributed by atoms with E-state index in [1.54, 1.807) is 11.3 Å². The summed E-state index contributed by atoms with van der Waals surface area (Å²) in [5, 5.41) is 2.03. The molecule has 0 aliphatic carbocycles. The van der Waals surface area contributed by atoms with Crippen LogP contribution in [0.1, 0.15) is 10.7 Å². The Morgan fingerprint density at radius 1 is 1.27 bits per heavy atom. The van der Waals surface area contributed by atoms with Gasteiger partial charge in [-0.2, -0.15) is 0 Å². The molecule has 1 saturated heterocycles. The zero-order valence-electron chi connectivity index (χ0n) is 12.9. The van der Waals surface area contributed by atoms with Gasteiger partial charge in [-0.3, -0.25) is 9.69 Å².